The summed E-state index contributed by atoms with van der Waals surface area (Å²) in [4.78, 5) is 11.6. The molecule has 2 rings (SSSR count). The number of sulfonamides is 1. The van der Waals surface area contributed by atoms with E-state index in [1.807, 2.05) is 0 Å². The van der Waals surface area contributed by atoms with Crippen molar-refractivity contribution < 1.29 is 26.7 Å². The Morgan fingerprint density at radius 3 is 2.42 bits per heavy atom. The van der Waals surface area contributed by atoms with Crippen molar-refractivity contribution in [2.24, 2.45) is 0 Å². The first-order valence-corrected chi connectivity index (χ1v) is 9.25. The van der Waals surface area contributed by atoms with Gasteiger partial charge in [0.25, 0.3) is 0 Å². The summed E-state index contributed by atoms with van der Waals surface area (Å²) in [5, 5.41) is 2.56. The summed E-state index contributed by atoms with van der Waals surface area (Å²) in [6.07, 6.45) is -0.0691. The molecule has 0 aliphatic heterocycles. The van der Waals surface area contributed by atoms with Crippen LogP contribution >= 0.6 is 0 Å². The van der Waals surface area contributed by atoms with E-state index in [-0.39, 0.29) is 36.9 Å². The van der Waals surface area contributed by atoms with Crippen molar-refractivity contribution in [3.8, 4) is 5.75 Å². The summed E-state index contributed by atoms with van der Waals surface area (Å²) in [5.41, 5.74) is 0. The molecule has 26 heavy (non-hydrogen) atoms. The van der Waals surface area contributed by atoms with Crippen LogP contribution in [0.5, 0.6) is 5.75 Å². The lowest BCUT2D eigenvalue weighted by Crippen LogP contribution is -2.32. The maximum absolute atomic E-state index is 13.0. The van der Waals surface area contributed by atoms with Crippen LogP contribution in [0.15, 0.2) is 53.4 Å². The molecular formula is C17H18F2N2O4S. The van der Waals surface area contributed by atoms with Crippen molar-refractivity contribution in [3.05, 3.63) is 60.2 Å². The fraction of sp³-hybridized carbons (Fsp3) is 0.235. The molecule has 140 valence electrons. The second kappa shape index (κ2) is 9.25. The van der Waals surface area contributed by atoms with Crippen molar-refractivity contribution in [2.75, 3.05) is 19.7 Å². The highest BCUT2D eigenvalue weighted by Gasteiger charge is 2.14. The van der Waals surface area contributed by atoms with E-state index in [0.717, 1.165) is 24.3 Å². The summed E-state index contributed by atoms with van der Waals surface area (Å²) in [6, 6.07) is 9.99. The molecule has 0 fully saturated rings. The highest BCUT2D eigenvalue weighted by atomic mass is 32.2. The summed E-state index contributed by atoms with van der Waals surface area (Å²) in [6.45, 7) is 0.243. The zero-order valence-electron chi connectivity index (χ0n) is 13.7. The summed E-state index contributed by atoms with van der Waals surface area (Å²) < 4.78 is 57.2. The summed E-state index contributed by atoms with van der Waals surface area (Å²) in [7, 11) is -3.79. The van der Waals surface area contributed by atoms with Crippen LogP contribution in [0.4, 0.5) is 8.78 Å². The third kappa shape index (κ3) is 6.41. The monoisotopic (exact) mass is 384 g/mol. The molecule has 0 atom stereocenters. The van der Waals surface area contributed by atoms with E-state index in [4.69, 9.17) is 4.74 Å². The van der Waals surface area contributed by atoms with Gasteiger partial charge in [-0.3, -0.25) is 4.79 Å². The molecule has 0 unspecified atom stereocenters. The lowest BCUT2D eigenvalue weighted by molar-refractivity contribution is -0.121. The third-order valence-electron chi connectivity index (χ3n) is 3.26. The molecule has 0 saturated carbocycles. The SMILES string of the molecule is O=C(CCNS(=O)(=O)c1ccc(F)cc1)NCCOc1cccc(F)c1. The van der Waals surface area contributed by atoms with Gasteiger partial charge in [0.2, 0.25) is 15.9 Å². The minimum absolute atomic E-state index is 0.0691. The normalized spacial score (nSPS) is 11.2. The zero-order chi connectivity index (χ0) is 19.0. The van der Waals surface area contributed by atoms with E-state index in [1.165, 1.54) is 18.2 Å². The molecule has 9 heteroatoms. The Kier molecular flexibility index (Phi) is 7.05. The molecule has 6 nitrogen and oxygen atoms in total. The van der Waals surface area contributed by atoms with E-state index in [0.29, 0.717) is 5.75 Å². The second-order valence-electron chi connectivity index (χ2n) is 5.26. The fourth-order valence-electron chi connectivity index (χ4n) is 2.00. The molecule has 2 aromatic rings. The van der Waals surface area contributed by atoms with Crippen LogP contribution in [0.1, 0.15) is 6.42 Å². The number of hydrogen-bond acceptors (Lipinski definition) is 4. The summed E-state index contributed by atoms with van der Waals surface area (Å²) in [5.74, 6) is -0.968. The van der Waals surface area contributed by atoms with Gasteiger partial charge in [0.15, 0.2) is 0 Å². The number of ether oxygens (including phenoxy) is 1. The molecule has 0 spiro atoms. The van der Waals surface area contributed by atoms with Gasteiger partial charge in [-0.1, -0.05) is 6.07 Å². The lowest BCUT2D eigenvalue weighted by atomic mass is 10.3. The Morgan fingerprint density at radius 2 is 1.73 bits per heavy atom. The molecule has 1 amide bonds. The first-order chi connectivity index (χ1) is 12.4. The van der Waals surface area contributed by atoms with E-state index >= 15 is 0 Å². The van der Waals surface area contributed by atoms with Gasteiger partial charge in [-0.15, -0.1) is 0 Å². The first kappa shape index (κ1) is 19.8. The molecule has 0 aliphatic rings. The molecule has 2 N–H and O–H groups in total. The van der Waals surface area contributed by atoms with Crippen molar-refractivity contribution in [3.63, 3.8) is 0 Å². The number of halogens is 2. The minimum Gasteiger partial charge on any atom is -0.492 e. The van der Waals surface area contributed by atoms with Crippen LogP contribution in [0.2, 0.25) is 0 Å². The largest absolute Gasteiger partial charge is 0.492 e. The van der Waals surface area contributed by atoms with Crippen LogP contribution in [0.3, 0.4) is 0 Å². The number of carbonyl (C=O) groups excluding carboxylic acids is 1. The zero-order valence-corrected chi connectivity index (χ0v) is 14.6. The van der Waals surface area contributed by atoms with Crippen LogP contribution in [0.25, 0.3) is 0 Å². The Bertz CT molecular complexity index is 842. The number of benzene rings is 2. The second-order valence-corrected chi connectivity index (χ2v) is 7.02. The van der Waals surface area contributed by atoms with Crippen LogP contribution in [-0.2, 0) is 14.8 Å². The Hall–Kier alpha value is -2.52. The highest BCUT2D eigenvalue weighted by molar-refractivity contribution is 7.89. The van der Waals surface area contributed by atoms with E-state index in [1.54, 1.807) is 6.07 Å². The van der Waals surface area contributed by atoms with Crippen LogP contribution in [0, 0.1) is 11.6 Å². The van der Waals surface area contributed by atoms with Crippen molar-refractivity contribution in [1.29, 1.82) is 0 Å². The van der Waals surface area contributed by atoms with Gasteiger partial charge >= 0.3 is 0 Å². The number of rotatable bonds is 9. The maximum atomic E-state index is 13.0. The number of nitrogens with one attached hydrogen (secondary N) is 2. The van der Waals surface area contributed by atoms with Gasteiger partial charge in [0, 0.05) is 19.0 Å². The van der Waals surface area contributed by atoms with Gasteiger partial charge in [-0.25, -0.2) is 21.9 Å². The third-order valence-corrected chi connectivity index (χ3v) is 4.73. The maximum Gasteiger partial charge on any atom is 0.240 e. The Morgan fingerprint density at radius 1 is 1.00 bits per heavy atom. The minimum atomic E-state index is -3.79. The topological polar surface area (TPSA) is 84.5 Å². The average Bonchev–Trinajstić information content (AvgIpc) is 2.59. The van der Waals surface area contributed by atoms with E-state index < -0.39 is 21.7 Å². The summed E-state index contributed by atoms with van der Waals surface area (Å²) >= 11 is 0. The number of hydrogen-bond donors (Lipinski definition) is 2. The fourth-order valence-corrected chi connectivity index (χ4v) is 3.03. The predicted molar refractivity (Wildman–Crippen MR) is 91.1 cm³/mol. The van der Waals surface area contributed by atoms with Gasteiger partial charge in [0.05, 0.1) is 11.4 Å². The van der Waals surface area contributed by atoms with Crippen molar-refractivity contribution in [1.82, 2.24) is 10.0 Å². The molecule has 0 heterocycles. The van der Waals surface area contributed by atoms with Crippen molar-refractivity contribution >= 4 is 15.9 Å². The van der Waals surface area contributed by atoms with Crippen LogP contribution < -0.4 is 14.8 Å². The lowest BCUT2D eigenvalue weighted by Gasteiger charge is -2.09. The van der Waals surface area contributed by atoms with Gasteiger partial charge < -0.3 is 10.1 Å². The number of carbonyl (C=O) groups is 1. The Balaban J connectivity index is 1.66. The standard InChI is InChI=1S/C17H18F2N2O4S/c18-13-4-6-16(7-5-13)26(23,24)21-9-8-17(22)20-10-11-25-15-3-1-2-14(19)12-15/h1-7,12,21H,8-11H2,(H,20,22). The molecule has 0 bridgehead atoms. The molecule has 2 aromatic carbocycles. The molecular weight excluding hydrogens is 366 g/mol. The molecule has 0 aromatic heterocycles. The average molecular weight is 384 g/mol. The smallest absolute Gasteiger partial charge is 0.240 e. The quantitative estimate of drug-likeness (QED) is 0.646. The predicted octanol–water partition coefficient (Wildman–Crippen LogP) is 1.83. The molecule has 0 saturated heterocycles. The first-order valence-electron chi connectivity index (χ1n) is 7.77. The highest BCUT2D eigenvalue weighted by Crippen LogP contribution is 2.11. The van der Waals surface area contributed by atoms with Gasteiger partial charge in [-0.05, 0) is 36.4 Å². The van der Waals surface area contributed by atoms with E-state index in [2.05, 4.69) is 10.0 Å². The molecule has 0 radical (unpaired) electrons. The van der Waals surface area contributed by atoms with Gasteiger partial charge in [0.1, 0.15) is 24.0 Å². The Labute approximate surface area is 150 Å². The van der Waals surface area contributed by atoms with Crippen molar-refractivity contribution in [2.45, 2.75) is 11.3 Å². The van der Waals surface area contributed by atoms with Crippen LogP contribution in [-0.4, -0.2) is 34.0 Å². The van der Waals surface area contributed by atoms with E-state index in [9.17, 15) is 22.0 Å². The van der Waals surface area contributed by atoms with Gasteiger partial charge in [-0.2, -0.15) is 0 Å². The molecule has 0 aliphatic carbocycles. The number of amides is 1.